The fourth-order valence-electron chi connectivity index (χ4n) is 2.96. The summed E-state index contributed by atoms with van der Waals surface area (Å²) in [4.78, 5) is 11.6. The number of carbonyl (C=O) groups excluding carboxylic acids is 1. The van der Waals surface area contributed by atoms with E-state index in [2.05, 4.69) is 19.2 Å². The van der Waals surface area contributed by atoms with Gasteiger partial charge in [-0.15, -0.1) is 0 Å². The molecule has 1 aromatic rings. The minimum atomic E-state index is -0.323. The molecule has 1 N–H and O–H groups in total. The maximum Gasteiger partial charge on any atom is 0.220 e. The average Bonchev–Trinajstić information content (AvgIpc) is 2.64. The number of amides is 1. The molecule has 1 saturated heterocycles. The molecular weight excluding hydrogens is 265 g/mol. The number of nitrogens with one attached hydrogen (secondary N) is 1. The van der Waals surface area contributed by atoms with E-state index in [1.165, 1.54) is 6.07 Å². The van der Waals surface area contributed by atoms with E-state index in [1.54, 1.807) is 12.1 Å². The molecule has 0 saturated carbocycles. The number of benzene rings is 1. The molecule has 0 bridgehead atoms. The molecule has 1 unspecified atom stereocenters. The molecule has 1 fully saturated rings. The second-order valence-electron chi connectivity index (χ2n) is 5.84. The number of rotatable bonds is 4. The van der Waals surface area contributed by atoms with Crippen molar-refractivity contribution in [3.8, 4) is 0 Å². The van der Waals surface area contributed by atoms with Gasteiger partial charge in [-0.3, -0.25) is 4.79 Å². The maximum atomic E-state index is 13.9. The fourth-order valence-corrected chi connectivity index (χ4v) is 3.15. The van der Waals surface area contributed by atoms with Gasteiger partial charge in [0.15, 0.2) is 0 Å². The molecule has 2 rings (SSSR count). The Morgan fingerprint density at radius 3 is 2.79 bits per heavy atom. The topological polar surface area (TPSA) is 29.1 Å². The first-order chi connectivity index (χ1) is 8.90. The van der Waals surface area contributed by atoms with Crippen LogP contribution in [0.15, 0.2) is 18.2 Å². The highest BCUT2D eigenvalue weighted by molar-refractivity contribution is 6.30. The highest BCUT2D eigenvalue weighted by Crippen LogP contribution is 2.32. The van der Waals surface area contributed by atoms with Gasteiger partial charge in [-0.05, 0) is 48.9 Å². The van der Waals surface area contributed by atoms with Crippen LogP contribution in [-0.2, 0) is 11.2 Å². The second kappa shape index (κ2) is 5.49. The van der Waals surface area contributed by atoms with Crippen molar-refractivity contribution in [1.29, 1.82) is 0 Å². The minimum absolute atomic E-state index is 0.0584. The van der Waals surface area contributed by atoms with E-state index in [9.17, 15) is 9.18 Å². The number of hydrogen-bond donors (Lipinski definition) is 1. The van der Waals surface area contributed by atoms with Crippen molar-refractivity contribution in [2.45, 2.75) is 45.1 Å². The first-order valence-corrected chi connectivity index (χ1v) is 7.03. The molecule has 1 amide bonds. The van der Waals surface area contributed by atoms with E-state index in [0.717, 1.165) is 12.8 Å². The van der Waals surface area contributed by atoms with Crippen molar-refractivity contribution in [1.82, 2.24) is 5.32 Å². The van der Waals surface area contributed by atoms with Crippen LogP contribution in [0.5, 0.6) is 0 Å². The second-order valence-corrected chi connectivity index (χ2v) is 6.28. The summed E-state index contributed by atoms with van der Waals surface area (Å²) in [6, 6.07) is 4.59. The van der Waals surface area contributed by atoms with Gasteiger partial charge in [0.2, 0.25) is 5.91 Å². The summed E-state index contributed by atoms with van der Waals surface area (Å²) >= 11 is 5.93. The molecule has 4 heteroatoms. The zero-order valence-corrected chi connectivity index (χ0v) is 12.1. The SMILES string of the molecule is CC(C)CC1(Cc2cc(Cl)ccc2F)CCC(=O)N1. The van der Waals surface area contributed by atoms with Crippen molar-refractivity contribution in [3.05, 3.63) is 34.6 Å². The Hall–Kier alpha value is -1.09. The minimum Gasteiger partial charge on any atom is -0.350 e. The lowest BCUT2D eigenvalue weighted by Crippen LogP contribution is -2.44. The Morgan fingerprint density at radius 2 is 2.21 bits per heavy atom. The molecule has 1 aliphatic heterocycles. The van der Waals surface area contributed by atoms with Gasteiger partial charge in [0, 0.05) is 17.0 Å². The first kappa shape index (κ1) is 14.3. The Morgan fingerprint density at radius 1 is 1.47 bits per heavy atom. The lowest BCUT2D eigenvalue weighted by atomic mass is 9.82. The number of halogens is 2. The van der Waals surface area contributed by atoms with Crippen molar-refractivity contribution in [2.75, 3.05) is 0 Å². The van der Waals surface area contributed by atoms with Gasteiger partial charge in [-0.1, -0.05) is 25.4 Å². The van der Waals surface area contributed by atoms with Crippen LogP contribution in [0.2, 0.25) is 5.02 Å². The van der Waals surface area contributed by atoms with Gasteiger partial charge in [-0.25, -0.2) is 4.39 Å². The van der Waals surface area contributed by atoms with E-state index in [1.807, 2.05) is 0 Å². The summed E-state index contributed by atoms with van der Waals surface area (Å²) < 4.78 is 13.9. The highest BCUT2D eigenvalue weighted by atomic mass is 35.5. The van der Waals surface area contributed by atoms with Crippen LogP contribution in [0.1, 0.15) is 38.7 Å². The van der Waals surface area contributed by atoms with Gasteiger partial charge in [0.05, 0.1) is 0 Å². The molecule has 1 atom stereocenters. The molecule has 0 aromatic heterocycles. The van der Waals surface area contributed by atoms with E-state index in [0.29, 0.717) is 29.3 Å². The van der Waals surface area contributed by atoms with Crippen LogP contribution in [0.3, 0.4) is 0 Å². The number of carbonyl (C=O) groups is 1. The number of hydrogen-bond acceptors (Lipinski definition) is 1. The van der Waals surface area contributed by atoms with E-state index in [4.69, 9.17) is 11.6 Å². The lowest BCUT2D eigenvalue weighted by Gasteiger charge is -2.31. The summed E-state index contributed by atoms with van der Waals surface area (Å²) in [5, 5.41) is 3.57. The third-order valence-corrected chi connectivity index (χ3v) is 3.81. The van der Waals surface area contributed by atoms with Crippen LogP contribution in [-0.4, -0.2) is 11.4 Å². The van der Waals surface area contributed by atoms with Crippen LogP contribution in [0.4, 0.5) is 4.39 Å². The third kappa shape index (κ3) is 3.47. The predicted molar refractivity (Wildman–Crippen MR) is 74.7 cm³/mol. The van der Waals surface area contributed by atoms with Crippen LogP contribution in [0, 0.1) is 11.7 Å². The molecule has 0 aliphatic carbocycles. The fraction of sp³-hybridized carbons (Fsp3) is 0.533. The Kier molecular flexibility index (Phi) is 4.14. The lowest BCUT2D eigenvalue weighted by molar-refractivity contribution is -0.119. The molecule has 1 heterocycles. The third-order valence-electron chi connectivity index (χ3n) is 3.57. The van der Waals surface area contributed by atoms with Crippen LogP contribution in [0.25, 0.3) is 0 Å². The molecular formula is C15H19ClFNO. The van der Waals surface area contributed by atoms with Gasteiger partial charge in [-0.2, -0.15) is 0 Å². The van der Waals surface area contributed by atoms with Crippen LogP contribution >= 0.6 is 11.6 Å². The molecule has 0 spiro atoms. The highest BCUT2D eigenvalue weighted by Gasteiger charge is 2.38. The summed E-state index contributed by atoms with van der Waals surface area (Å²) in [6.45, 7) is 4.22. The quantitative estimate of drug-likeness (QED) is 0.896. The normalized spacial score (nSPS) is 22.9. The Balaban J connectivity index is 2.25. The van der Waals surface area contributed by atoms with Crippen molar-refractivity contribution in [3.63, 3.8) is 0 Å². The van der Waals surface area contributed by atoms with Crippen molar-refractivity contribution >= 4 is 17.5 Å². The van der Waals surface area contributed by atoms with Crippen molar-refractivity contribution < 1.29 is 9.18 Å². The smallest absolute Gasteiger partial charge is 0.220 e. The molecule has 19 heavy (non-hydrogen) atoms. The average molecular weight is 284 g/mol. The largest absolute Gasteiger partial charge is 0.350 e. The molecule has 104 valence electrons. The van der Waals surface area contributed by atoms with E-state index < -0.39 is 0 Å². The zero-order valence-electron chi connectivity index (χ0n) is 11.3. The molecule has 1 aliphatic rings. The zero-order chi connectivity index (χ0) is 14.0. The van der Waals surface area contributed by atoms with E-state index >= 15 is 0 Å². The van der Waals surface area contributed by atoms with Gasteiger partial charge >= 0.3 is 0 Å². The van der Waals surface area contributed by atoms with Crippen molar-refractivity contribution in [2.24, 2.45) is 5.92 Å². The van der Waals surface area contributed by atoms with E-state index in [-0.39, 0.29) is 17.3 Å². The summed E-state index contributed by atoms with van der Waals surface area (Å²) in [5.74, 6) is 0.248. The monoisotopic (exact) mass is 283 g/mol. The Labute approximate surface area is 118 Å². The standard InChI is InChI=1S/C15H19ClFNO/c1-10(2)8-15(6-5-14(19)18-15)9-11-7-12(16)3-4-13(11)17/h3-4,7,10H,5-6,8-9H2,1-2H3,(H,18,19). The summed E-state index contributed by atoms with van der Waals surface area (Å²) in [7, 11) is 0. The molecule has 1 aromatic carbocycles. The van der Waals surface area contributed by atoms with Crippen LogP contribution < -0.4 is 5.32 Å². The first-order valence-electron chi connectivity index (χ1n) is 6.65. The Bertz CT molecular complexity index is 489. The summed E-state index contributed by atoms with van der Waals surface area (Å²) in [6.07, 6.45) is 2.64. The maximum absolute atomic E-state index is 13.9. The molecule has 2 nitrogen and oxygen atoms in total. The molecule has 0 radical (unpaired) electrons. The predicted octanol–water partition coefficient (Wildman–Crippen LogP) is 3.72. The van der Waals surface area contributed by atoms with Gasteiger partial charge < -0.3 is 5.32 Å². The summed E-state index contributed by atoms with van der Waals surface area (Å²) in [5.41, 5.74) is 0.256. The van der Waals surface area contributed by atoms with Gasteiger partial charge in [0.25, 0.3) is 0 Å². The van der Waals surface area contributed by atoms with Gasteiger partial charge in [0.1, 0.15) is 5.82 Å².